The standard InChI is InChI=1S/C13H24N4O/c1-2-17-13(15-11-16-17)10-14-8-9-18-12-6-4-3-5-7-12/h11-12,14H,2-10H2,1H3. The van der Waals surface area contributed by atoms with Crippen molar-refractivity contribution in [3.8, 4) is 0 Å². The summed E-state index contributed by atoms with van der Waals surface area (Å²) in [5.74, 6) is 0.996. The van der Waals surface area contributed by atoms with Gasteiger partial charge in [-0.1, -0.05) is 19.3 Å². The maximum atomic E-state index is 5.85. The molecule has 1 N–H and O–H groups in total. The van der Waals surface area contributed by atoms with E-state index in [1.807, 2.05) is 4.68 Å². The van der Waals surface area contributed by atoms with Crippen LogP contribution >= 0.6 is 0 Å². The van der Waals surface area contributed by atoms with Crippen molar-refractivity contribution in [2.75, 3.05) is 13.2 Å². The van der Waals surface area contributed by atoms with Gasteiger partial charge in [-0.25, -0.2) is 9.67 Å². The highest BCUT2D eigenvalue weighted by atomic mass is 16.5. The lowest BCUT2D eigenvalue weighted by atomic mass is 9.98. The number of rotatable bonds is 7. The van der Waals surface area contributed by atoms with Gasteiger partial charge in [0.05, 0.1) is 19.3 Å². The average molecular weight is 252 g/mol. The predicted octanol–water partition coefficient (Wildman–Crippen LogP) is 1.74. The van der Waals surface area contributed by atoms with Gasteiger partial charge in [0.1, 0.15) is 12.2 Å². The first-order chi connectivity index (χ1) is 8.90. The summed E-state index contributed by atoms with van der Waals surface area (Å²) >= 11 is 0. The second kappa shape index (κ2) is 7.48. The molecule has 18 heavy (non-hydrogen) atoms. The topological polar surface area (TPSA) is 52.0 Å². The zero-order valence-electron chi connectivity index (χ0n) is 11.3. The largest absolute Gasteiger partial charge is 0.377 e. The number of hydrogen-bond donors (Lipinski definition) is 1. The Hall–Kier alpha value is -0.940. The number of nitrogens with zero attached hydrogens (tertiary/aromatic N) is 3. The van der Waals surface area contributed by atoms with Crippen molar-refractivity contribution in [2.45, 2.75) is 58.2 Å². The van der Waals surface area contributed by atoms with E-state index in [9.17, 15) is 0 Å². The summed E-state index contributed by atoms with van der Waals surface area (Å²) in [5, 5.41) is 7.50. The van der Waals surface area contributed by atoms with Crippen LogP contribution in [0.1, 0.15) is 44.9 Å². The molecule has 0 radical (unpaired) electrons. The molecule has 0 aromatic carbocycles. The molecule has 2 rings (SSSR count). The maximum absolute atomic E-state index is 5.85. The minimum Gasteiger partial charge on any atom is -0.377 e. The highest BCUT2D eigenvalue weighted by Gasteiger charge is 2.12. The molecule has 0 bridgehead atoms. The second-order valence-electron chi connectivity index (χ2n) is 4.80. The fourth-order valence-electron chi connectivity index (χ4n) is 2.42. The van der Waals surface area contributed by atoms with Crippen LogP contribution in [0, 0.1) is 0 Å². The molecular weight excluding hydrogens is 228 g/mol. The Morgan fingerprint density at radius 2 is 2.22 bits per heavy atom. The van der Waals surface area contributed by atoms with Gasteiger partial charge in [-0.05, 0) is 19.8 Å². The van der Waals surface area contributed by atoms with Crippen LogP contribution in [-0.4, -0.2) is 34.0 Å². The lowest BCUT2D eigenvalue weighted by Crippen LogP contribution is -2.25. The molecule has 0 saturated heterocycles. The molecule has 5 heteroatoms. The second-order valence-corrected chi connectivity index (χ2v) is 4.80. The number of ether oxygens (including phenoxy) is 1. The van der Waals surface area contributed by atoms with Gasteiger partial charge in [0.25, 0.3) is 0 Å². The van der Waals surface area contributed by atoms with Crippen LogP contribution in [-0.2, 0) is 17.8 Å². The zero-order chi connectivity index (χ0) is 12.6. The Bertz CT molecular complexity index is 333. The molecule has 102 valence electrons. The first kappa shape index (κ1) is 13.5. The summed E-state index contributed by atoms with van der Waals surface area (Å²) in [4.78, 5) is 4.22. The van der Waals surface area contributed by atoms with Gasteiger partial charge in [-0.15, -0.1) is 0 Å². The van der Waals surface area contributed by atoms with E-state index in [2.05, 4.69) is 22.3 Å². The Morgan fingerprint density at radius 3 is 3.00 bits per heavy atom. The van der Waals surface area contributed by atoms with Gasteiger partial charge in [-0.2, -0.15) is 5.10 Å². The van der Waals surface area contributed by atoms with Gasteiger partial charge in [0.2, 0.25) is 0 Å². The highest BCUT2D eigenvalue weighted by molar-refractivity contribution is 4.83. The van der Waals surface area contributed by atoms with Crippen LogP contribution in [0.4, 0.5) is 0 Å². The van der Waals surface area contributed by atoms with Crippen molar-refractivity contribution in [1.29, 1.82) is 0 Å². The van der Waals surface area contributed by atoms with Gasteiger partial charge < -0.3 is 10.1 Å². The number of hydrogen-bond acceptors (Lipinski definition) is 4. The molecule has 0 spiro atoms. The highest BCUT2D eigenvalue weighted by Crippen LogP contribution is 2.19. The number of aryl methyl sites for hydroxylation is 1. The van der Waals surface area contributed by atoms with Crippen LogP contribution in [0.15, 0.2) is 6.33 Å². The predicted molar refractivity (Wildman–Crippen MR) is 70.2 cm³/mol. The number of nitrogens with one attached hydrogen (secondary N) is 1. The molecule has 1 aliphatic rings. The van der Waals surface area contributed by atoms with Crippen molar-refractivity contribution < 1.29 is 4.74 Å². The van der Waals surface area contributed by atoms with Crippen LogP contribution in [0.3, 0.4) is 0 Å². The van der Waals surface area contributed by atoms with Crippen molar-refractivity contribution in [1.82, 2.24) is 20.1 Å². The van der Waals surface area contributed by atoms with Crippen LogP contribution in [0.5, 0.6) is 0 Å². The lowest BCUT2D eigenvalue weighted by Gasteiger charge is -2.21. The van der Waals surface area contributed by atoms with Gasteiger partial charge in [0.15, 0.2) is 0 Å². The van der Waals surface area contributed by atoms with Gasteiger partial charge in [0, 0.05) is 13.1 Å². The smallest absolute Gasteiger partial charge is 0.140 e. The van der Waals surface area contributed by atoms with Gasteiger partial charge in [-0.3, -0.25) is 0 Å². The molecule has 1 saturated carbocycles. The van der Waals surface area contributed by atoms with E-state index in [1.54, 1.807) is 6.33 Å². The quantitative estimate of drug-likeness (QED) is 0.751. The minimum atomic E-state index is 0.500. The average Bonchev–Trinajstić information content (AvgIpc) is 2.87. The Morgan fingerprint density at radius 1 is 1.39 bits per heavy atom. The van der Waals surface area contributed by atoms with Crippen molar-refractivity contribution in [3.63, 3.8) is 0 Å². The van der Waals surface area contributed by atoms with Crippen LogP contribution < -0.4 is 5.32 Å². The first-order valence-corrected chi connectivity index (χ1v) is 7.09. The van der Waals surface area contributed by atoms with E-state index >= 15 is 0 Å². The van der Waals surface area contributed by atoms with E-state index in [0.29, 0.717) is 6.10 Å². The van der Waals surface area contributed by atoms with E-state index in [-0.39, 0.29) is 0 Å². The third-order valence-electron chi connectivity index (χ3n) is 3.46. The van der Waals surface area contributed by atoms with E-state index in [0.717, 1.165) is 32.1 Å². The summed E-state index contributed by atoms with van der Waals surface area (Å²) in [6, 6.07) is 0. The molecular formula is C13H24N4O. The molecule has 1 aromatic heterocycles. The third-order valence-corrected chi connectivity index (χ3v) is 3.46. The SMILES string of the molecule is CCn1ncnc1CNCCOC1CCCCC1. The van der Waals surface area contributed by atoms with Crippen molar-refractivity contribution >= 4 is 0 Å². The van der Waals surface area contributed by atoms with E-state index in [1.165, 1.54) is 32.1 Å². The van der Waals surface area contributed by atoms with Gasteiger partial charge >= 0.3 is 0 Å². The molecule has 1 heterocycles. The fraction of sp³-hybridized carbons (Fsp3) is 0.846. The van der Waals surface area contributed by atoms with E-state index in [4.69, 9.17) is 4.74 Å². The molecule has 0 amide bonds. The molecule has 0 atom stereocenters. The summed E-state index contributed by atoms with van der Waals surface area (Å²) in [5.41, 5.74) is 0. The molecule has 0 aliphatic heterocycles. The number of aromatic nitrogens is 3. The maximum Gasteiger partial charge on any atom is 0.140 e. The zero-order valence-corrected chi connectivity index (χ0v) is 11.3. The summed E-state index contributed by atoms with van der Waals surface area (Å²) in [6.07, 6.45) is 8.63. The Balaban J connectivity index is 1.55. The molecule has 0 unspecified atom stereocenters. The van der Waals surface area contributed by atoms with Crippen LogP contribution in [0.25, 0.3) is 0 Å². The molecule has 1 fully saturated rings. The molecule has 5 nitrogen and oxygen atoms in total. The Labute approximate surface area is 109 Å². The Kier molecular flexibility index (Phi) is 5.61. The van der Waals surface area contributed by atoms with Crippen LogP contribution in [0.2, 0.25) is 0 Å². The van der Waals surface area contributed by atoms with Crippen molar-refractivity contribution in [2.24, 2.45) is 0 Å². The minimum absolute atomic E-state index is 0.500. The normalized spacial score (nSPS) is 17.2. The van der Waals surface area contributed by atoms with Crippen molar-refractivity contribution in [3.05, 3.63) is 12.2 Å². The molecule has 1 aliphatic carbocycles. The lowest BCUT2D eigenvalue weighted by molar-refractivity contribution is 0.0301. The monoisotopic (exact) mass is 252 g/mol. The summed E-state index contributed by atoms with van der Waals surface area (Å²) < 4.78 is 7.77. The fourth-order valence-corrected chi connectivity index (χ4v) is 2.42. The van der Waals surface area contributed by atoms with E-state index < -0.39 is 0 Å². The third kappa shape index (κ3) is 4.07. The molecule has 1 aromatic rings. The summed E-state index contributed by atoms with van der Waals surface area (Å²) in [6.45, 7) is 5.39. The summed E-state index contributed by atoms with van der Waals surface area (Å²) in [7, 11) is 0. The first-order valence-electron chi connectivity index (χ1n) is 7.09.